The fourth-order valence-electron chi connectivity index (χ4n) is 2.72. The van der Waals surface area contributed by atoms with E-state index in [0.717, 1.165) is 0 Å². The standard InChI is InChI=1S/C16H10Cl4N2O2/c17-9-3-1-4-10(18)13(9)21-7-8-22(15(21)16(23)24)14-11(19)5-2-6-12(14)20/h1-6H,7-8H2/p+1. The van der Waals surface area contributed by atoms with E-state index in [4.69, 9.17) is 46.4 Å². The van der Waals surface area contributed by atoms with Gasteiger partial charge in [0.1, 0.15) is 13.1 Å². The summed E-state index contributed by atoms with van der Waals surface area (Å²) in [6.07, 6.45) is 0. The highest BCUT2D eigenvalue weighted by Gasteiger charge is 2.41. The number of carboxylic acids is 1. The molecule has 3 rings (SSSR count). The number of carbonyl (C=O) groups is 1. The Morgan fingerprint density at radius 1 is 0.958 bits per heavy atom. The van der Waals surface area contributed by atoms with Gasteiger partial charge in [-0.15, -0.1) is 0 Å². The van der Waals surface area contributed by atoms with E-state index in [-0.39, 0.29) is 5.84 Å². The van der Waals surface area contributed by atoms with Crippen LogP contribution >= 0.6 is 46.4 Å². The first-order chi connectivity index (χ1) is 11.4. The van der Waals surface area contributed by atoms with Crippen molar-refractivity contribution in [3.63, 3.8) is 0 Å². The molecular formula is C16H11Cl4N2O2+. The minimum absolute atomic E-state index is 0.000000000000000222. The van der Waals surface area contributed by atoms with Crippen molar-refractivity contribution in [2.24, 2.45) is 0 Å². The molecule has 0 amide bonds. The second-order valence-electron chi connectivity index (χ2n) is 5.07. The molecule has 124 valence electrons. The molecule has 1 aliphatic rings. The lowest BCUT2D eigenvalue weighted by Gasteiger charge is -2.13. The SMILES string of the molecule is O=C(O)C1=[N+](c2c(Cl)cccc2Cl)CCN1c1c(Cl)cccc1Cl. The van der Waals surface area contributed by atoms with Crippen LogP contribution in [0.1, 0.15) is 0 Å². The molecule has 0 aliphatic carbocycles. The second kappa shape index (κ2) is 6.81. The van der Waals surface area contributed by atoms with Crippen LogP contribution in [0.15, 0.2) is 36.4 Å². The van der Waals surface area contributed by atoms with Crippen molar-refractivity contribution in [1.82, 2.24) is 0 Å². The Hall–Kier alpha value is -1.46. The van der Waals surface area contributed by atoms with Crippen LogP contribution in [0.25, 0.3) is 0 Å². The third-order valence-corrected chi connectivity index (χ3v) is 4.88. The van der Waals surface area contributed by atoms with Crippen LogP contribution in [-0.2, 0) is 4.79 Å². The maximum absolute atomic E-state index is 11.9. The van der Waals surface area contributed by atoms with Gasteiger partial charge in [-0.05, 0) is 24.3 Å². The molecule has 0 fully saturated rings. The van der Waals surface area contributed by atoms with Crippen molar-refractivity contribution in [2.45, 2.75) is 0 Å². The molecule has 0 spiro atoms. The number of benzene rings is 2. The Labute approximate surface area is 158 Å². The largest absolute Gasteiger partial charge is 0.472 e. The van der Waals surface area contributed by atoms with E-state index in [1.165, 1.54) is 0 Å². The van der Waals surface area contributed by atoms with E-state index in [1.807, 2.05) is 0 Å². The number of anilines is 1. The maximum Gasteiger partial charge on any atom is 0.419 e. The number of nitrogens with zero attached hydrogens (tertiary/aromatic N) is 2. The van der Waals surface area contributed by atoms with E-state index in [1.54, 1.807) is 45.9 Å². The Bertz CT molecular complexity index is 827. The fourth-order valence-corrected chi connectivity index (χ4v) is 3.92. The van der Waals surface area contributed by atoms with Gasteiger partial charge in [0.05, 0.1) is 20.1 Å². The number of para-hydroxylation sites is 2. The fraction of sp³-hybridized carbons (Fsp3) is 0.125. The second-order valence-corrected chi connectivity index (χ2v) is 6.70. The van der Waals surface area contributed by atoms with E-state index < -0.39 is 5.97 Å². The lowest BCUT2D eigenvalue weighted by Crippen LogP contribution is -2.36. The van der Waals surface area contributed by atoms with E-state index in [2.05, 4.69) is 0 Å². The summed E-state index contributed by atoms with van der Waals surface area (Å²) in [5, 5.41) is 11.2. The summed E-state index contributed by atoms with van der Waals surface area (Å²) >= 11 is 24.9. The van der Waals surface area contributed by atoms with Crippen LogP contribution < -0.4 is 4.90 Å². The van der Waals surface area contributed by atoms with Crippen molar-refractivity contribution < 1.29 is 14.5 Å². The highest BCUT2D eigenvalue weighted by molar-refractivity contribution is 6.45. The molecule has 8 heteroatoms. The Kier molecular flexibility index (Phi) is 4.92. The van der Waals surface area contributed by atoms with Gasteiger partial charge >= 0.3 is 11.8 Å². The normalized spacial score (nSPS) is 14.4. The van der Waals surface area contributed by atoms with Crippen LogP contribution in [0.4, 0.5) is 11.4 Å². The molecule has 0 aromatic heterocycles. The van der Waals surface area contributed by atoms with Gasteiger partial charge in [-0.25, -0.2) is 14.3 Å². The molecule has 2 aromatic rings. The molecule has 0 saturated carbocycles. The van der Waals surface area contributed by atoms with Gasteiger partial charge in [0.2, 0.25) is 0 Å². The van der Waals surface area contributed by atoms with Crippen LogP contribution in [0, 0.1) is 0 Å². The van der Waals surface area contributed by atoms with Gasteiger partial charge in [0.25, 0.3) is 0 Å². The minimum Gasteiger partial charge on any atom is -0.472 e. The van der Waals surface area contributed by atoms with E-state index in [9.17, 15) is 9.90 Å². The van der Waals surface area contributed by atoms with E-state index in [0.29, 0.717) is 44.6 Å². The monoisotopic (exact) mass is 403 g/mol. The van der Waals surface area contributed by atoms with Crippen LogP contribution in [-0.4, -0.2) is 34.6 Å². The van der Waals surface area contributed by atoms with Gasteiger partial charge in [-0.2, -0.15) is 0 Å². The number of carboxylic acid groups (broad SMARTS) is 1. The minimum atomic E-state index is -1.13. The predicted octanol–water partition coefficient (Wildman–Crippen LogP) is 4.95. The third kappa shape index (κ3) is 2.95. The predicted molar refractivity (Wildman–Crippen MR) is 97.7 cm³/mol. The molecule has 24 heavy (non-hydrogen) atoms. The molecule has 2 aromatic carbocycles. The number of aliphatic carboxylic acids is 1. The number of halogens is 4. The first-order valence-corrected chi connectivity index (χ1v) is 8.46. The summed E-state index contributed by atoms with van der Waals surface area (Å²) in [6.45, 7) is 0.763. The first kappa shape index (κ1) is 17.4. The summed E-state index contributed by atoms with van der Waals surface area (Å²) in [4.78, 5) is 13.5. The molecule has 0 unspecified atom stereocenters. The average Bonchev–Trinajstić information content (AvgIpc) is 2.91. The maximum atomic E-state index is 11.9. The summed E-state index contributed by atoms with van der Waals surface area (Å²) in [6, 6.07) is 10.0. The molecule has 0 saturated heterocycles. The van der Waals surface area contributed by atoms with Crippen LogP contribution in [0.3, 0.4) is 0 Å². The number of hydrogen-bond acceptors (Lipinski definition) is 2. The first-order valence-electron chi connectivity index (χ1n) is 6.95. The molecule has 0 bridgehead atoms. The Morgan fingerprint density at radius 2 is 1.46 bits per heavy atom. The molecule has 0 radical (unpaired) electrons. The quantitative estimate of drug-likeness (QED) is 0.736. The molecule has 0 atom stereocenters. The zero-order valence-corrected chi connectivity index (χ0v) is 15.2. The zero-order chi connectivity index (χ0) is 17.4. The average molecular weight is 405 g/mol. The lowest BCUT2D eigenvalue weighted by atomic mass is 10.2. The third-order valence-electron chi connectivity index (χ3n) is 3.66. The zero-order valence-electron chi connectivity index (χ0n) is 12.1. The Balaban J connectivity index is 2.23. The van der Waals surface area contributed by atoms with Crippen molar-refractivity contribution >= 4 is 69.6 Å². The molecule has 1 heterocycles. The van der Waals surface area contributed by atoms with Crippen molar-refractivity contribution in [1.29, 1.82) is 0 Å². The van der Waals surface area contributed by atoms with Crippen LogP contribution in [0.5, 0.6) is 0 Å². The lowest BCUT2D eigenvalue weighted by molar-refractivity contribution is -0.428. The summed E-state index contributed by atoms with van der Waals surface area (Å²) in [7, 11) is 0. The smallest absolute Gasteiger partial charge is 0.419 e. The van der Waals surface area contributed by atoms with Gasteiger partial charge in [-0.3, -0.25) is 0 Å². The summed E-state index contributed by atoms with van der Waals surface area (Å²) < 4.78 is 1.56. The van der Waals surface area contributed by atoms with Crippen molar-refractivity contribution in [2.75, 3.05) is 18.0 Å². The van der Waals surface area contributed by atoms with E-state index >= 15 is 0 Å². The Morgan fingerprint density at radius 3 is 1.96 bits per heavy atom. The molecule has 4 nitrogen and oxygen atoms in total. The van der Waals surface area contributed by atoms with Crippen LogP contribution in [0.2, 0.25) is 20.1 Å². The van der Waals surface area contributed by atoms with Gasteiger partial charge in [0, 0.05) is 0 Å². The van der Waals surface area contributed by atoms with Gasteiger partial charge < -0.3 is 5.11 Å². The highest BCUT2D eigenvalue weighted by Crippen LogP contribution is 2.38. The highest BCUT2D eigenvalue weighted by atomic mass is 35.5. The molecule has 1 aliphatic heterocycles. The summed E-state index contributed by atoms with van der Waals surface area (Å²) in [5.41, 5.74) is 0.896. The topological polar surface area (TPSA) is 43.5 Å². The number of amidine groups is 1. The number of rotatable bonds is 3. The van der Waals surface area contributed by atoms with Gasteiger partial charge in [0.15, 0.2) is 11.4 Å². The van der Waals surface area contributed by atoms with Gasteiger partial charge in [-0.1, -0.05) is 58.5 Å². The van der Waals surface area contributed by atoms with Crippen molar-refractivity contribution in [3.8, 4) is 0 Å². The number of hydrogen-bond donors (Lipinski definition) is 1. The molecule has 1 N–H and O–H groups in total. The molecular weight excluding hydrogens is 394 g/mol. The summed E-state index contributed by atoms with van der Waals surface area (Å²) in [5.74, 6) is -1.13. The van der Waals surface area contributed by atoms with Crippen molar-refractivity contribution in [3.05, 3.63) is 56.5 Å².